The molecule has 0 atom stereocenters. The number of rotatable bonds is 4. The fourth-order valence-corrected chi connectivity index (χ4v) is 3.29. The molecule has 1 N–H and O–H groups in total. The van der Waals surface area contributed by atoms with E-state index in [2.05, 4.69) is 36.8 Å². The van der Waals surface area contributed by atoms with Crippen LogP contribution in [0.4, 0.5) is 0 Å². The van der Waals surface area contributed by atoms with Crippen LogP contribution in [0, 0.1) is 0 Å². The highest BCUT2D eigenvalue weighted by molar-refractivity contribution is 8.13. The van der Waals surface area contributed by atoms with Crippen molar-refractivity contribution in [1.82, 2.24) is 5.32 Å². The average Bonchev–Trinajstić information content (AvgIpc) is 2.43. The molecule has 116 valence electrons. The van der Waals surface area contributed by atoms with Gasteiger partial charge in [0.1, 0.15) is 0 Å². The molecule has 2 nitrogen and oxygen atoms in total. The van der Waals surface area contributed by atoms with E-state index < -0.39 is 0 Å². The minimum absolute atomic E-state index is 0.251. The summed E-state index contributed by atoms with van der Waals surface area (Å²) >= 11 is 14.0. The van der Waals surface area contributed by atoms with E-state index in [9.17, 15) is 0 Å². The van der Waals surface area contributed by atoms with Gasteiger partial charge >= 0.3 is 0 Å². The molecule has 1 aliphatic heterocycles. The van der Waals surface area contributed by atoms with Crippen molar-refractivity contribution in [1.29, 1.82) is 0 Å². The second kappa shape index (κ2) is 7.40. The van der Waals surface area contributed by atoms with Crippen LogP contribution in [0.15, 0.2) is 53.7 Å². The maximum Gasteiger partial charge on any atom is 0.162 e. The minimum Gasteiger partial charge on any atom is -0.335 e. The van der Waals surface area contributed by atoms with Gasteiger partial charge < -0.3 is 5.32 Å². The Bertz CT molecular complexity index is 640. The molecule has 0 saturated carbocycles. The van der Waals surface area contributed by atoms with Crippen molar-refractivity contribution in [2.24, 2.45) is 4.99 Å². The minimum atomic E-state index is -0.251. The Labute approximate surface area is 146 Å². The van der Waals surface area contributed by atoms with Crippen molar-refractivity contribution in [2.75, 3.05) is 5.75 Å². The van der Waals surface area contributed by atoms with Gasteiger partial charge in [-0.1, -0.05) is 47.1 Å². The normalized spacial score (nSPS) is 16.9. The van der Waals surface area contributed by atoms with E-state index in [4.69, 9.17) is 23.2 Å². The SMILES string of the molecule is C=CCSC1=NC(C)(C)C=C(C=Cc2c(Cl)cccc2Cl)N1. The summed E-state index contributed by atoms with van der Waals surface area (Å²) in [5, 5.41) is 5.46. The molecule has 0 bridgehead atoms. The zero-order chi connectivity index (χ0) is 16.2. The highest BCUT2D eigenvalue weighted by Gasteiger charge is 2.20. The van der Waals surface area contributed by atoms with Crippen molar-refractivity contribution in [3.05, 3.63) is 64.3 Å². The third-order valence-corrected chi connectivity index (χ3v) is 4.45. The quantitative estimate of drug-likeness (QED) is 0.718. The smallest absolute Gasteiger partial charge is 0.162 e. The van der Waals surface area contributed by atoms with Gasteiger partial charge in [0, 0.05) is 27.1 Å². The van der Waals surface area contributed by atoms with Gasteiger partial charge in [-0.25, -0.2) is 0 Å². The lowest BCUT2D eigenvalue weighted by Crippen LogP contribution is -2.31. The summed E-state index contributed by atoms with van der Waals surface area (Å²) in [5.74, 6) is 0.815. The molecule has 0 saturated heterocycles. The van der Waals surface area contributed by atoms with Gasteiger partial charge in [0.25, 0.3) is 0 Å². The predicted octanol–water partition coefficient (Wildman–Crippen LogP) is 5.55. The number of nitrogens with zero attached hydrogens (tertiary/aromatic N) is 1. The first-order valence-corrected chi connectivity index (χ1v) is 8.61. The summed E-state index contributed by atoms with van der Waals surface area (Å²) in [6.07, 6.45) is 7.82. The number of amidine groups is 1. The van der Waals surface area contributed by atoms with Crippen LogP contribution in [0.2, 0.25) is 10.0 Å². The van der Waals surface area contributed by atoms with Gasteiger partial charge in [-0.05, 0) is 44.2 Å². The van der Waals surface area contributed by atoms with Gasteiger partial charge in [0.2, 0.25) is 0 Å². The van der Waals surface area contributed by atoms with Gasteiger partial charge in [0.05, 0.1) is 5.54 Å². The van der Waals surface area contributed by atoms with E-state index >= 15 is 0 Å². The standard InChI is InChI=1S/C17H18Cl2N2S/c1-4-10-22-16-20-12(11-17(2,3)21-16)8-9-13-14(18)6-5-7-15(13)19/h4-9,11H,1,10H2,2-3H3,(H,20,21). The summed E-state index contributed by atoms with van der Waals surface area (Å²) in [4.78, 5) is 4.65. The Morgan fingerprint density at radius 1 is 1.27 bits per heavy atom. The van der Waals surface area contributed by atoms with Gasteiger partial charge in [-0.15, -0.1) is 6.58 Å². The summed E-state index contributed by atoms with van der Waals surface area (Å²) in [6, 6.07) is 5.49. The lowest BCUT2D eigenvalue weighted by Gasteiger charge is -2.25. The summed E-state index contributed by atoms with van der Waals surface area (Å²) < 4.78 is 0. The Kier molecular flexibility index (Phi) is 5.79. The van der Waals surface area contributed by atoms with Gasteiger partial charge in [-0.2, -0.15) is 0 Å². The monoisotopic (exact) mass is 352 g/mol. The van der Waals surface area contributed by atoms with Crippen molar-refractivity contribution in [2.45, 2.75) is 19.4 Å². The molecule has 1 heterocycles. The molecule has 0 unspecified atom stereocenters. The van der Waals surface area contributed by atoms with Crippen LogP contribution in [-0.4, -0.2) is 16.5 Å². The van der Waals surface area contributed by atoms with Gasteiger partial charge in [0.15, 0.2) is 5.17 Å². The van der Waals surface area contributed by atoms with Gasteiger partial charge in [-0.3, -0.25) is 4.99 Å². The molecule has 1 aliphatic rings. The van der Waals surface area contributed by atoms with Crippen molar-refractivity contribution < 1.29 is 0 Å². The van der Waals surface area contributed by atoms with Crippen LogP contribution in [0.5, 0.6) is 0 Å². The molecule has 22 heavy (non-hydrogen) atoms. The number of aliphatic imine (C=N–C) groups is 1. The third-order valence-electron chi connectivity index (χ3n) is 2.92. The number of halogens is 2. The van der Waals surface area contributed by atoms with E-state index in [0.717, 1.165) is 22.2 Å². The summed E-state index contributed by atoms with van der Waals surface area (Å²) in [5.41, 5.74) is 1.54. The van der Waals surface area contributed by atoms with Crippen LogP contribution in [0.1, 0.15) is 19.4 Å². The van der Waals surface area contributed by atoms with Crippen molar-refractivity contribution >= 4 is 46.2 Å². The first-order chi connectivity index (χ1) is 10.4. The van der Waals surface area contributed by atoms with Crippen LogP contribution in [0.25, 0.3) is 6.08 Å². The number of hydrogen-bond acceptors (Lipinski definition) is 3. The fourth-order valence-electron chi connectivity index (χ4n) is 2.00. The van der Waals surface area contributed by atoms with E-state index in [1.54, 1.807) is 11.8 Å². The first kappa shape index (κ1) is 17.2. The lowest BCUT2D eigenvalue weighted by molar-refractivity contribution is 0.639. The maximum atomic E-state index is 6.19. The van der Waals surface area contributed by atoms with Crippen LogP contribution < -0.4 is 5.32 Å². The molecule has 0 amide bonds. The Morgan fingerprint density at radius 3 is 2.59 bits per heavy atom. The lowest BCUT2D eigenvalue weighted by atomic mass is 10.0. The van der Waals surface area contributed by atoms with Crippen LogP contribution in [-0.2, 0) is 0 Å². The van der Waals surface area contributed by atoms with E-state index in [0.29, 0.717) is 10.0 Å². The largest absolute Gasteiger partial charge is 0.335 e. The zero-order valence-corrected chi connectivity index (χ0v) is 14.9. The second-order valence-corrected chi connectivity index (χ2v) is 7.19. The number of nitrogens with one attached hydrogen (secondary N) is 1. The Morgan fingerprint density at radius 2 is 1.95 bits per heavy atom. The molecule has 0 fully saturated rings. The maximum absolute atomic E-state index is 6.19. The Balaban J connectivity index is 2.20. The highest BCUT2D eigenvalue weighted by Crippen LogP contribution is 2.27. The molecule has 2 rings (SSSR count). The highest BCUT2D eigenvalue weighted by atomic mass is 35.5. The second-order valence-electron chi connectivity index (χ2n) is 5.36. The Hall–Kier alpha value is -1.16. The molecule has 0 radical (unpaired) electrons. The molecular weight excluding hydrogens is 335 g/mol. The fraction of sp³-hybridized carbons (Fsp3) is 0.235. The number of thioether (sulfide) groups is 1. The average molecular weight is 353 g/mol. The molecular formula is C17H18Cl2N2S. The van der Waals surface area contributed by atoms with E-state index in [-0.39, 0.29) is 5.54 Å². The molecule has 1 aromatic carbocycles. The first-order valence-electron chi connectivity index (χ1n) is 6.87. The van der Waals surface area contributed by atoms with Crippen LogP contribution >= 0.6 is 35.0 Å². The predicted molar refractivity (Wildman–Crippen MR) is 101 cm³/mol. The number of benzene rings is 1. The topological polar surface area (TPSA) is 24.4 Å². The van der Waals surface area contributed by atoms with E-state index in [1.807, 2.05) is 36.4 Å². The van der Waals surface area contributed by atoms with E-state index in [1.165, 1.54) is 0 Å². The number of hydrogen-bond donors (Lipinski definition) is 1. The molecule has 1 aromatic rings. The summed E-state index contributed by atoms with van der Waals surface area (Å²) in [7, 11) is 0. The van der Waals surface area contributed by atoms with Crippen LogP contribution in [0.3, 0.4) is 0 Å². The molecule has 5 heteroatoms. The van der Waals surface area contributed by atoms with Crippen molar-refractivity contribution in [3.63, 3.8) is 0 Å². The molecule has 0 aromatic heterocycles. The molecule has 0 aliphatic carbocycles. The number of allylic oxidation sites excluding steroid dienone is 1. The zero-order valence-electron chi connectivity index (χ0n) is 12.6. The third kappa shape index (κ3) is 4.67. The van der Waals surface area contributed by atoms with Crippen molar-refractivity contribution in [3.8, 4) is 0 Å². The molecule has 0 spiro atoms. The summed E-state index contributed by atoms with van der Waals surface area (Å²) in [6.45, 7) is 7.87.